The van der Waals surface area contributed by atoms with Crippen LogP contribution < -0.4 is 0 Å². The molecule has 0 nitrogen and oxygen atoms in total. The molecule has 0 bridgehead atoms. The Morgan fingerprint density at radius 2 is 0.851 bits per heavy atom. The average Bonchev–Trinajstić information content (AvgIpc) is 3.54. The van der Waals surface area contributed by atoms with Gasteiger partial charge in [-0.3, -0.25) is 0 Å². The van der Waals surface area contributed by atoms with Gasteiger partial charge in [0.25, 0.3) is 0 Å². The molecule has 11 aromatic rings. The van der Waals surface area contributed by atoms with Crippen LogP contribution in [-0.2, 0) is 0 Å². The Hall–Kier alpha value is -5.76. The number of thiophene rings is 1. The normalized spacial score (nSPS) is 12.3. The van der Waals surface area contributed by atoms with E-state index in [1.54, 1.807) is 0 Å². The molecule has 0 amide bonds. The molecule has 0 atom stereocenters. The quantitative estimate of drug-likeness (QED) is 0.171. The second-order valence-corrected chi connectivity index (χ2v) is 13.8. The van der Waals surface area contributed by atoms with Crippen molar-refractivity contribution in [3.05, 3.63) is 158 Å². The Labute approximate surface area is 275 Å². The molecular formula is C46H26S. The largest absolute Gasteiger partial charge is 0.135 e. The highest BCUT2D eigenvalue weighted by atomic mass is 32.1. The highest BCUT2D eigenvalue weighted by Gasteiger charge is 2.21. The van der Waals surface area contributed by atoms with Crippen molar-refractivity contribution < 1.29 is 0 Å². The van der Waals surface area contributed by atoms with Gasteiger partial charge in [-0.2, -0.15) is 0 Å². The van der Waals surface area contributed by atoms with E-state index >= 15 is 0 Å². The lowest BCUT2D eigenvalue weighted by atomic mass is 9.84. The fourth-order valence-electron chi connectivity index (χ4n) is 8.40. The minimum atomic E-state index is 1.25. The topological polar surface area (TPSA) is 0 Å². The first-order valence-electron chi connectivity index (χ1n) is 16.3. The summed E-state index contributed by atoms with van der Waals surface area (Å²) in [5.41, 5.74) is 5.11. The summed E-state index contributed by atoms with van der Waals surface area (Å²) in [6.45, 7) is 0. The molecule has 1 heteroatoms. The van der Waals surface area contributed by atoms with E-state index in [2.05, 4.69) is 158 Å². The zero-order valence-corrected chi connectivity index (χ0v) is 26.2. The van der Waals surface area contributed by atoms with Crippen LogP contribution in [0.25, 0.3) is 107 Å². The predicted octanol–water partition coefficient (Wildman–Crippen LogP) is 13.7. The molecule has 10 aromatic carbocycles. The number of hydrogen-bond acceptors (Lipinski definition) is 1. The molecule has 0 aliphatic heterocycles. The van der Waals surface area contributed by atoms with Crippen molar-refractivity contribution in [1.82, 2.24) is 0 Å². The van der Waals surface area contributed by atoms with Gasteiger partial charge in [-0.25, -0.2) is 0 Å². The lowest BCUT2D eigenvalue weighted by Crippen LogP contribution is -1.91. The van der Waals surface area contributed by atoms with Gasteiger partial charge < -0.3 is 0 Å². The van der Waals surface area contributed by atoms with E-state index in [0.717, 1.165) is 0 Å². The van der Waals surface area contributed by atoms with Crippen LogP contribution in [-0.4, -0.2) is 0 Å². The van der Waals surface area contributed by atoms with E-state index < -0.39 is 0 Å². The summed E-state index contributed by atoms with van der Waals surface area (Å²) in [6.07, 6.45) is 0. The molecule has 0 spiro atoms. The molecule has 1 heterocycles. The monoisotopic (exact) mass is 610 g/mol. The van der Waals surface area contributed by atoms with Crippen LogP contribution in [0, 0.1) is 0 Å². The average molecular weight is 611 g/mol. The molecule has 216 valence electrons. The van der Waals surface area contributed by atoms with Gasteiger partial charge in [0.2, 0.25) is 0 Å². The Bertz CT molecular complexity index is 3050. The molecular weight excluding hydrogens is 585 g/mol. The maximum absolute atomic E-state index is 2.47. The number of hydrogen-bond donors (Lipinski definition) is 0. The molecule has 0 saturated heterocycles. The highest BCUT2D eigenvalue weighted by Crippen LogP contribution is 2.50. The van der Waals surface area contributed by atoms with Crippen molar-refractivity contribution in [2.45, 2.75) is 0 Å². The molecule has 0 fully saturated rings. The van der Waals surface area contributed by atoms with Crippen LogP contribution in [0.2, 0.25) is 0 Å². The predicted molar refractivity (Wildman–Crippen MR) is 206 cm³/mol. The van der Waals surface area contributed by atoms with Crippen LogP contribution in [0.4, 0.5) is 0 Å². The van der Waals surface area contributed by atoms with Crippen LogP contribution >= 0.6 is 11.3 Å². The zero-order chi connectivity index (χ0) is 30.6. The summed E-state index contributed by atoms with van der Waals surface area (Å²) < 4.78 is 2.73. The Morgan fingerprint density at radius 3 is 1.64 bits per heavy atom. The summed E-state index contributed by atoms with van der Waals surface area (Å²) in [5, 5.41) is 18.6. The Morgan fingerprint density at radius 1 is 0.298 bits per heavy atom. The van der Waals surface area contributed by atoms with Gasteiger partial charge in [-0.1, -0.05) is 133 Å². The smallest absolute Gasteiger partial charge is 0.0440 e. The van der Waals surface area contributed by atoms with Crippen molar-refractivity contribution in [2.75, 3.05) is 0 Å². The van der Waals surface area contributed by atoms with Gasteiger partial charge >= 0.3 is 0 Å². The molecule has 0 N–H and O–H groups in total. The van der Waals surface area contributed by atoms with Crippen molar-refractivity contribution in [3.8, 4) is 22.3 Å². The van der Waals surface area contributed by atoms with E-state index in [1.165, 1.54) is 107 Å². The maximum atomic E-state index is 2.47. The zero-order valence-electron chi connectivity index (χ0n) is 25.4. The first-order valence-corrected chi connectivity index (χ1v) is 17.1. The molecule has 0 aliphatic rings. The van der Waals surface area contributed by atoms with Crippen LogP contribution in [0.5, 0.6) is 0 Å². The van der Waals surface area contributed by atoms with Gasteiger partial charge in [0.1, 0.15) is 0 Å². The van der Waals surface area contributed by atoms with E-state index in [4.69, 9.17) is 0 Å². The molecule has 0 aliphatic carbocycles. The lowest BCUT2D eigenvalue weighted by Gasteiger charge is -2.19. The summed E-state index contributed by atoms with van der Waals surface area (Å²) in [6, 6.07) is 58.8. The third-order valence-electron chi connectivity index (χ3n) is 10.4. The van der Waals surface area contributed by atoms with Gasteiger partial charge in [0.15, 0.2) is 0 Å². The molecule has 0 unspecified atom stereocenters. The van der Waals surface area contributed by atoms with E-state index in [-0.39, 0.29) is 0 Å². The molecule has 1 aromatic heterocycles. The van der Waals surface area contributed by atoms with Gasteiger partial charge in [-0.05, 0) is 106 Å². The van der Waals surface area contributed by atoms with Gasteiger partial charge in [0, 0.05) is 25.6 Å². The standard InChI is InChI=1S/C46H26S/c1-2-12-27(13-3-1)37-25-39-31-17-6-7-18-32(31)40(26-41(39)30-16-5-4-15-29(30)37)38-24-28-14-10-21-35-43(28)44-33(38)20-11-22-36(44)46-45(35)34-19-8-9-23-42(34)47-46/h1-26H. The fourth-order valence-corrected chi connectivity index (χ4v) is 9.65. The van der Waals surface area contributed by atoms with Crippen LogP contribution in [0.15, 0.2) is 158 Å². The summed E-state index contributed by atoms with van der Waals surface area (Å²) in [7, 11) is 0. The minimum Gasteiger partial charge on any atom is -0.135 e. The Kier molecular flexibility index (Phi) is 5.08. The molecule has 11 rings (SSSR count). The van der Waals surface area contributed by atoms with Gasteiger partial charge in [0.05, 0.1) is 0 Å². The number of fused-ring (bicyclic) bond motifs is 10. The Balaban J connectivity index is 1.32. The first-order chi connectivity index (χ1) is 23.3. The minimum absolute atomic E-state index is 1.25. The third kappa shape index (κ3) is 3.42. The van der Waals surface area contributed by atoms with Crippen LogP contribution in [0.1, 0.15) is 0 Å². The maximum Gasteiger partial charge on any atom is 0.0440 e. The SMILES string of the molecule is c1ccc(-c2cc3c4ccccc4c(-c4cc5cccc6c7c8ccccc8sc7c7cccc4c7c56)cc3c3ccccc23)cc1. The molecule has 47 heavy (non-hydrogen) atoms. The van der Waals surface area contributed by atoms with Crippen LogP contribution in [0.3, 0.4) is 0 Å². The lowest BCUT2D eigenvalue weighted by molar-refractivity contribution is 1.67. The van der Waals surface area contributed by atoms with E-state index in [0.29, 0.717) is 0 Å². The van der Waals surface area contributed by atoms with Crippen molar-refractivity contribution in [2.24, 2.45) is 0 Å². The van der Waals surface area contributed by atoms with Crippen molar-refractivity contribution in [1.29, 1.82) is 0 Å². The third-order valence-corrected chi connectivity index (χ3v) is 11.6. The summed E-state index contributed by atoms with van der Waals surface area (Å²) in [4.78, 5) is 0. The van der Waals surface area contributed by atoms with E-state index in [9.17, 15) is 0 Å². The number of rotatable bonds is 2. The fraction of sp³-hybridized carbons (Fsp3) is 0. The van der Waals surface area contributed by atoms with E-state index in [1.807, 2.05) is 11.3 Å². The highest BCUT2D eigenvalue weighted by molar-refractivity contribution is 7.27. The second-order valence-electron chi connectivity index (χ2n) is 12.8. The molecule has 0 saturated carbocycles. The summed E-state index contributed by atoms with van der Waals surface area (Å²) >= 11 is 1.93. The second kappa shape index (κ2) is 9.39. The van der Waals surface area contributed by atoms with Crippen molar-refractivity contribution in [3.63, 3.8) is 0 Å². The summed E-state index contributed by atoms with van der Waals surface area (Å²) in [5.74, 6) is 0. The molecule has 0 radical (unpaired) electrons. The van der Waals surface area contributed by atoms with Gasteiger partial charge in [-0.15, -0.1) is 11.3 Å². The number of benzene rings is 10. The van der Waals surface area contributed by atoms with Crippen molar-refractivity contribution >= 4 is 96.1 Å². The first kappa shape index (κ1) is 25.4.